The van der Waals surface area contributed by atoms with Crippen LogP contribution in [0.2, 0.25) is 0 Å². The van der Waals surface area contributed by atoms with Gasteiger partial charge in [0.05, 0.1) is 0 Å². The summed E-state index contributed by atoms with van der Waals surface area (Å²) in [6.07, 6.45) is 5.72. The van der Waals surface area contributed by atoms with Crippen molar-refractivity contribution in [2.75, 3.05) is 18.5 Å². The van der Waals surface area contributed by atoms with Crippen LogP contribution in [0, 0.1) is 24.0 Å². The summed E-state index contributed by atoms with van der Waals surface area (Å²) in [6, 6.07) is 10.0. The van der Waals surface area contributed by atoms with E-state index >= 15 is 0 Å². The summed E-state index contributed by atoms with van der Waals surface area (Å²) in [4.78, 5) is 11.7. The van der Waals surface area contributed by atoms with E-state index in [4.69, 9.17) is 11.2 Å². The van der Waals surface area contributed by atoms with Crippen LogP contribution in [0.3, 0.4) is 0 Å². The molecule has 24 heavy (non-hydrogen) atoms. The van der Waals surface area contributed by atoms with Crippen LogP contribution in [0.4, 0.5) is 19.3 Å². The topological polar surface area (TPSA) is 50.4 Å². The zero-order valence-electron chi connectivity index (χ0n) is 12.8. The number of halogens is 2. The number of hydrogen-bond donors (Lipinski definition) is 2. The first-order chi connectivity index (χ1) is 11.6. The van der Waals surface area contributed by atoms with Crippen LogP contribution in [0.15, 0.2) is 42.5 Å². The summed E-state index contributed by atoms with van der Waals surface area (Å²) in [5.74, 6) is 1.09. The number of benzene rings is 2. The molecule has 0 radical (unpaired) electrons. The van der Waals surface area contributed by atoms with Crippen LogP contribution in [-0.2, 0) is 6.42 Å². The Morgan fingerprint density at radius 2 is 1.88 bits per heavy atom. The Morgan fingerprint density at radius 3 is 2.54 bits per heavy atom. The fourth-order valence-electron chi connectivity index (χ4n) is 1.95. The number of hydrogen-bond acceptors (Lipinski definition) is 2. The lowest BCUT2D eigenvalue weighted by Crippen LogP contribution is -2.30. The number of amides is 2. The molecule has 0 saturated carbocycles. The molecule has 0 atom stereocenters. The molecule has 2 rings (SSSR count). The molecule has 4 nitrogen and oxygen atoms in total. The van der Waals surface area contributed by atoms with Gasteiger partial charge in [-0.15, -0.1) is 6.42 Å². The van der Waals surface area contributed by atoms with Crippen LogP contribution in [0.1, 0.15) is 5.56 Å². The van der Waals surface area contributed by atoms with Gasteiger partial charge in [-0.25, -0.2) is 13.6 Å². The molecule has 2 aromatic carbocycles. The third-order valence-electron chi connectivity index (χ3n) is 3.12. The molecular formula is C18H16F2N2O2. The van der Waals surface area contributed by atoms with E-state index in [9.17, 15) is 13.6 Å². The quantitative estimate of drug-likeness (QED) is 0.798. The van der Waals surface area contributed by atoms with E-state index in [2.05, 4.69) is 16.6 Å². The van der Waals surface area contributed by atoms with E-state index < -0.39 is 17.7 Å². The smallest absolute Gasteiger partial charge is 0.319 e. The maximum absolute atomic E-state index is 13.0. The lowest BCUT2D eigenvalue weighted by molar-refractivity contribution is 0.252. The van der Waals surface area contributed by atoms with Crippen molar-refractivity contribution in [1.29, 1.82) is 0 Å². The van der Waals surface area contributed by atoms with E-state index in [0.717, 1.165) is 17.7 Å². The molecule has 0 aliphatic carbocycles. The minimum atomic E-state index is -1.01. The summed E-state index contributed by atoms with van der Waals surface area (Å²) in [5, 5.41) is 5.07. The molecule has 0 saturated heterocycles. The van der Waals surface area contributed by atoms with Gasteiger partial charge in [-0.2, -0.15) is 0 Å². The fourth-order valence-corrected chi connectivity index (χ4v) is 1.95. The second-order valence-electron chi connectivity index (χ2n) is 4.90. The van der Waals surface area contributed by atoms with Crippen molar-refractivity contribution in [3.8, 4) is 18.1 Å². The molecule has 0 aromatic heterocycles. The first-order valence-corrected chi connectivity index (χ1v) is 7.23. The van der Waals surface area contributed by atoms with Crippen molar-refractivity contribution >= 4 is 11.7 Å². The first-order valence-electron chi connectivity index (χ1n) is 7.23. The summed E-state index contributed by atoms with van der Waals surface area (Å²) >= 11 is 0. The average Bonchev–Trinajstić information content (AvgIpc) is 2.57. The molecule has 0 bridgehead atoms. The van der Waals surface area contributed by atoms with Crippen molar-refractivity contribution in [1.82, 2.24) is 5.32 Å². The van der Waals surface area contributed by atoms with Crippen LogP contribution in [0.5, 0.6) is 5.75 Å². The molecule has 0 heterocycles. The van der Waals surface area contributed by atoms with E-state index in [1.54, 1.807) is 12.1 Å². The Labute approximate surface area is 138 Å². The second-order valence-corrected chi connectivity index (χ2v) is 4.90. The van der Waals surface area contributed by atoms with E-state index in [-0.39, 0.29) is 12.3 Å². The van der Waals surface area contributed by atoms with Crippen molar-refractivity contribution in [3.63, 3.8) is 0 Å². The molecule has 124 valence electrons. The molecule has 6 heteroatoms. The fraction of sp³-hybridized carbons (Fsp3) is 0.167. The van der Waals surface area contributed by atoms with Gasteiger partial charge < -0.3 is 15.4 Å². The lowest BCUT2D eigenvalue weighted by atomic mass is 10.1. The number of ether oxygens (including phenoxy) is 1. The standard InChI is InChI=1S/C18H16F2N2O2/c1-2-11-24-15-6-3-13(4-7-15)9-10-21-18(23)22-14-5-8-16(19)17(20)12-14/h1,3-8,12H,9-11H2,(H2,21,22,23). The molecule has 2 aromatic rings. The number of carbonyl (C=O) groups is 1. The molecule has 2 N–H and O–H groups in total. The molecule has 0 fully saturated rings. The highest BCUT2D eigenvalue weighted by Gasteiger charge is 2.05. The van der Waals surface area contributed by atoms with Crippen LogP contribution in [-0.4, -0.2) is 19.2 Å². The van der Waals surface area contributed by atoms with Gasteiger partial charge >= 0.3 is 6.03 Å². The van der Waals surface area contributed by atoms with Crippen molar-refractivity contribution in [2.24, 2.45) is 0 Å². The van der Waals surface area contributed by atoms with Gasteiger partial charge in [-0.1, -0.05) is 18.1 Å². The predicted octanol–water partition coefficient (Wildman–Crippen LogP) is 3.34. The number of carbonyl (C=O) groups excluding carboxylic acids is 1. The molecular weight excluding hydrogens is 314 g/mol. The Kier molecular flexibility index (Phi) is 6.15. The highest BCUT2D eigenvalue weighted by Crippen LogP contribution is 2.13. The van der Waals surface area contributed by atoms with E-state index in [1.807, 2.05) is 12.1 Å². The van der Waals surface area contributed by atoms with Crippen LogP contribution < -0.4 is 15.4 Å². The summed E-state index contributed by atoms with van der Waals surface area (Å²) in [5.41, 5.74) is 1.19. The maximum Gasteiger partial charge on any atom is 0.319 e. The van der Waals surface area contributed by atoms with Gasteiger partial charge in [0.1, 0.15) is 12.4 Å². The maximum atomic E-state index is 13.0. The SMILES string of the molecule is C#CCOc1ccc(CCNC(=O)Nc2ccc(F)c(F)c2)cc1. The first kappa shape index (κ1) is 17.3. The zero-order valence-corrected chi connectivity index (χ0v) is 12.8. The van der Waals surface area contributed by atoms with Gasteiger partial charge in [0.15, 0.2) is 11.6 Å². The number of urea groups is 1. The number of nitrogens with one attached hydrogen (secondary N) is 2. The molecule has 2 amide bonds. The van der Waals surface area contributed by atoms with Gasteiger partial charge in [0.2, 0.25) is 0 Å². The van der Waals surface area contributed by atoms with Gasteiger partial charge in [-0.3, -0.25) is 0 Å². The van der Waals surface area contributed by atoms with Gasteiger partial charge in [0, 0.05) is 18.3 Å². The lowest BCUT2D eigenvalue weighted by Gasteiger charge is -2.08. The number of rotatable bonds is 6. The van der Waals surface area contributed by atoms with E-state index in [0.29, 0.717) is 18.7 Å². The van der Waals surface area contributed by atoms with Crippen LogP contribution in [0.25, 0.3) is 0 Å². The van der Waals surface area contributed by atoms with Gasteiger partial charge in [0.25, 0.3) is 0 Å². The Balaban J connectivity index is 1.76. The largest absolute Gasteiger partial charge is 0.481 e. The second kappa shape index (κ2) is 8.53. The molecule has 0 unspecified atom stereocenters. The predicted molar refractivity (Wildman–Crippen MR) is 87.9 cm³/mol. The van der Waals surface area contributed by atoms with Gasteiger partial charge in [-0.05, 0) is 36.2 Å². The normalized spacial score (nSPS) is 9.88. The summed E-state index contributed by atoms with van der Waals surface area (Å²) < 4.78 is 31.1. The third kappa shape index (κ3) is 5.29. The van der Waals surface area contributed by atoms with Crippen LogP contribution >= 0.6 is 0 Å². The monoisotopic (exact) mass is 330 g/mol. The minimum absolute atomic E-state index is 0.182. The van der Waals surface area contributed by atoms with Crippen molar-refractivity contribution in [2.45, 2.75) is 6.42 Å². The zero-order chi connectivity index (χ0) is 17.4. The molecule has 0 aliphatic heterocycles. The molecule has 0 aliphatic rings. The highest BCUT2D eigenvalue weighted by molar-refractivity contribution is 5.89. The third-order valence-corrected chi connectivity index (χ3v) is 3.12. The number of anilines is 1. The summed E-state index contributed by atoms with van der Waals surface area (Å²) in [6.45, 7) is 0.602. The highest BCUT2D eigenvalue weighted by atomic mass is 19.2. The van der Waals surface area contributed by atoms with Crippen molar-refractivity contribution < 1.29 is 18.3 Å². The average molecular weight is 330 g/mol. The molecule has 0 spiro atoms. The summed E-state index contributed by atoms with van der Waals surface area (Å²) in [7, 11) is 0. The minimum Gasteiger partial charge on any atom is -0.481 e. The Bertz CT molecular complexity index is 740. The van der Waals surface area contributed by atoms with E-state index in [1.165, 1.54) is 6.07 Å². The van der Waals surface area contributed by atoms with Crippen molar-refractivity contribution in [3.05, 3.63) is 59.7 Å². The Morgan fingerprint density at radius 1 is 1.12 bits per heavy atom. The number of terminal acetylenes is 1. The Hall–Kier alpha value is -3.07.